The van der Waals surface area contributed by atoms with Crippen LogP contribution >= 0.6 is 11.6 Å². The van der Waals surface area contributed by atoms with E-state index in [0.29, 0.717) is 29.7 Å². The molecule has 0 aliphatic carbocycles. The van der Waals surface area contributed by atoms with E-state index in [0.717, 1.165) is 19.3 Å². The summed E-state index contributed by atoms with van der Waals surface area (Å²) in [5.41, 5.74) is 5.97. The van der Waals surface area contributed by atoms with Crippen LogP contribution in [0, 0.1) is 5.92 Å². The molecule has 0 aromatic heterocycles. The molecule has 2 rings (SSSR count). The maximum Gasteiger partial charge on any atom is 0.243 e. The van der Waals surface area contributed by atoms with Crippen molar-refractivity contribution in [2.45, 2.75) is 31.1 Å². The molecule has 0 bridgehead atoms. The Bertz CT molecular complexity index is 560. The van der Waals surface area contributed by atoms with Gasteiger partial charge in [-0.15, -0.1) is 0 Å². The fourth-order valence-corrected chi connectivity index (χ4v) is 4.18. The van der Waals surface area contributed by atoms with Gasteiger partial charge in [-0.1, -0.05) is 24.9 Å². The number of hydrogen-bond acceptors (Lipinski definition) is 3. The molecule has 0 amide bonds. The van der Waals surface area contributed by atoms with Crippen LogP contribution < -0.4 is 5.73 Å². The van der Waals surface area contributed by atoms with Crippen molar-refractivity contribution in [2.24, 2.45) is 5.92 Å². The summed E-state index contributed by atoms with van der Waals surface area (Å²) >= 11 is 5.82. The highest BCUT2D eigenvalue weighted by Crippen LogP contribution is 2.29. The van der Waals surface area contributed by atoms with E-state index < -0.39 is 10.0 Å². The summed E-state index contributed by atoms with van der Waals surface area (Å²) in [7, 11) is -3.43. The van der Waals surface area contributed by atoms with Crippen LogP contribution in [0.15, 0.2) is 23.1 Å². The van der Waals surface area contributed by atoms with Gasteiger partial charge >= 0.3 is 0 Å². The number of rotatable bonds is 4. The Morgan fingerprint density at radius 1 is 1.47 bits per heavy atom. The van der Waals surface area contributed by atoms with Gasteiger partial charge in [0.05, 0.1) is 15.6 Å². The van der Waals surface area contributed by atoms with E-state index in [-0.39, 0.29) is 4.90 Å². The minimum Gasteiger partial charge on any atom is -0.397 e. The summed E-state index contributed by atoms with van der Waals surface area (Å²) in [6.45, 7) is 3.32. The Balaban J connectivity index is 2.21. The summed E-state index contributed by atoms with van der Waals surface area (Å²) in [6, 6.07) is 4.48. The van der Waals surface area contributed by atoms with Gasteiger partial charge in [-0.3, -0.25) is 0 Å². The zero-order valence-corrected chi connectivity index (χ0v) is 12.5. The Morgan fingerprint density at radius 2 is 2.21 bits per heavy atom. The van der Waals surface area contributed by atoms with Gasteiger partial charge in [-0.05, 0) is 37.0 Å². The van der Waals surface area contributed by atoms with Crippen molar-refractivity contribution in [1.29, 1.82) is 0 Å². The highest BCUT2D eigenvalue weighted by atomic mass is 35.5. The van der Waals surface area contributed by atoms with Crippen LogP contribution in [-0.2, 0) is 10.0 Å². The van der Waals surface area contributed by atoms with Crippen LogP contribution in [0.2, 0.25) is 5.02 Å². The van der Waals surface area contributed by atoms with Crippen molar-refractivity contribution in [3.63, 3.8) is 0 Å². The second-order valence-corrected chi connectivity index (χ2v) is 7.33. The lowest BCUT2D eigenvalue weighted by atomic mass is 10.0. The molecule has 2 N–H and O–H groups in total. The molecule has 1 aromatic carbocycles. The fraction of sp³-hybridized carbons (Fsp3) is 0.538. The monoisotopic (exact) mass is 302 g/mol. The third kappa shape index (κ3) is 3.04. The van der Waals surface area contributed by atoms with Crippen LogP contribution in [0.3, 0.4) is 0 Å². The molecule has 1 fully saturated rings. The molecule has 0 spiro atoms. The molecular weight excluding hydrogens is 284 g/mol. The molecular formula is C13H19ClN2O2S. The lowest BCUT2D eigenvalue weighted by Crippen LogP contribution is -2.29. The molecule has 1 aliphatic heterocycles. The highest BCUT2D eigenvalue weighted by molar-refractivity contribution is 7.89. The lowest BCUT2D eigenvalue weighted by Gasteiger charge is -2.17. The average molecular weight is 303 g/mol. The van der Waals surface area contributed by atoms with Gasteiger partial charge in [0.1, 0.15) is 0 Å². The van der Waals surface area contributed by atoms with E-state index in [2.05, 4.69) is 6.92 Å². The zero-order chi connectivity index (χ0) is 14.0. The topological polar surface area (TPSA) is 63.4 Å². The Morgan fingerprint density at radius 3 is 2.84 bits per heavy atom. The molecule has 4 nitrogen and oxygen atoms in total. The third-order valence-corrected chi connectivity index (χ3v) is 5.76. The number of halogens is 1. The van der Waals surface area contributed by atoms with Crippen molar-refractivity contribution in [2.75, 3.05) is 18.8 Å². The van der Waals surface area contributed by atoms with Gasteiger partial charge in [0.25, 0.3) is 0 Å². The molecule has 6 heteroatoms. The number of nitrogens with two attached hydrogens (primary N) is 1. The first kappa shape index (κ1) is 14.6. The van der Waals surface area contributed by atoms with Crippen molar-refractivity contribution < 1.29 is 8.42 Å². The summed E-state index contributed by atoms with van der Waals surface area (Å²) in [4.78, 5) is 0.228. The first-order chi connectivity index (χ1) is 8.95. The minimum absolute atomic E-state index is 0.228. The van der Waals surface area contributed by atoms with Crippen LogP contribution in [0.1, 0.15) is 26.2 Å². The maximum absolute atomic E-state index is 12.5. The van der Waals surface area contributed by atoms with Gasteiger partial charge in [0.2, 0.25) is 10.0 Å². The van der Waals surface area contributed by atoms with E-state index in [1.165, 1.54) is 18.2 Å². The van der Waals surface area contributed by atoms with Crippen LogP contribution in [0.5, 0.6) is 0 Å². The number of benzene rings is 1. The summed E-state index contributed by atoms with van der Waals surface area (Å²) in [6.07, 6.45) is 3.11. The summed E-state index contributed by atoms with van der Waals surface area (Å²) in [5.74, 6) is 0.476. The first-order valence-corrected chi connectivity index (χ1v) is 8.32. The molecule has 19 heavy (non-hydrogen) atoms. The first-order valence-electron chi connectivity index (χ1n) is 6.50. The second-order valence-electron chi connectivity index (χ2n) is 4.99. The van der Waals surface area contributed by atoms with E-state index in [4.69, 9.17) is 17.3 Å². The van der Waals surface area contributed by atoms with E-state index in [1.54, 1.807) is 4.31 Å². The molecule has 1 aliphatic rings. The predicted molar refractivity (Wildman–Crippen MR) is 77.6 cm³/mol. The number of anilines is 1. The molecule has 1 aromatic rings. The number of sulfonamides is 1. The van der Waals surface area contributed by atoms with Gasteiger partial charge in [0, 0.05) is 13.1 Å². The quantitative estimate of drug-likeness (QED) is 0.870. The van der Waals surface area contributed by atoms with E-state index >= 15 is 0 Å². The van der Waals surface area contributed by atoms with Crippen molar-refractivity contribution >= 4 is 27.3 Å². The standard InChI is InChI=1S/C13H19ClN2O2S/c1-2-3-10-6-7-16(9-10)19(17,18)11-4-5-12(14)13(15)8-11/h4-5,8,10H,2-3,6-7,9,15H2,1H3. The Kier molecular flexibility index (Phi) is 4.38. The molecule has 1 atom stereocenters. The summed E-state index contributed by atoms with van der Waals surface area (Å²) in [5, 5.41) is 0.379. The maximum atomic E-state index is 12.5. The zero-order valence-electron chi connectivity index (χ0n) is 11.0. The van der Waals surface area contributed by atoms with Crippen molar-refractivity contribution in [3.05, 3.63) is 23.2 Å². The smallest absolute Gasteiger partial charge is 0.243 e. The number of nitrogen functional groups attached to an aromatic ring is 1. The molecule has 1 heterocycles. The van der Waals surface area contributed by atoms with Gasteiger partial charge in [-0.2, -0.15) is 4.31 Å². The SMILES string of the molecule is CCCC1CCN(S(=O)(=O)c2ccc(Cl)c(N)c2)C1. The van der Waals surface area contributed by atoms with Gasteiger partial charge in [-0.25, -0.2) is 8.42 Å². The van der Waals surface area contributed by atoms with Crippen LogP contribution in [0.25, 0.3) is 0 Å². The number of nitrogens with zero attached hydrogens (tertiary/aromatic N) is 1. The molecule has 106 valence electrons. The Labute approximate surface area is 119 Å². The fourth-order valence-electron chi connectivity index (χ4n) is 2.49. The molecule has 1 saturated heterocycles. The van der Waals surface area contributed by atoms with Crippen molar-refractivity contribution in [1.82, 2.24) is 4.31 Å². The average Bonchev–Trinajstić information content (AvgIpc) is 2.82. The van der Waals surface area contributed by atoms with Crippen molar-refractivity contribution in [3.8, 4) is 0 Å². The van der Waals surface area contributed by atoms with Crippen LogP contribution in [0.4, 0.5) is 5.69 Å². The second kappa shape index (κ2) is 5.69. The lowest BCUT2D eigenvalue weighted by molar-refractivity contribution is 0.444. The minimum atomic E-state index is -3.43. The van der Waals surface area contributed by atoms with E-state index in [1.807, 2.05) is 0 Å². The Hall–Kier alpha value is -0.780. The number of hydrogen-bond donors (Lipinski definition) is 1. The summed E-state index contributed by atoms with van der Waals surface area (Å²) < 4.78 is 26.5. The van der Waals surface area contributed by atoms with Gasteiger partial charge in [0.15, 0.2) is 0 Å². The van der Waals surface area contributed by atoms with Crippen LogP contribution in [-0.4, -0.2) is 25.8 Å². The predicted octanol–water partition coefficient (Wildman–Crippen LogP) is 2.73. The molecule has 0 radical (unpaired) electrons. The third-order valence-electron chi connectivity index (χ3n) is 3.55. The molecule has 1 unspecified atom stereocenters. The van der Waals surface area contributed by atoms with E-state index in [9.17, 15) is 8.42 Å². The normalized spacial score (nSPS) is 20.8. The highest BCUT2D eigenvalue weighted by Gasteiger charge is 2.32. The largest absolute Gasteiger partial charge is 0.397 e. The van der Waals surface area contributed by atoms with Gasteiger partial charge < -0.3 is 5.73 Å². The molecule has 0 saturated carbocycles.